The minimum Gasteiger partial charge on any atom is -0.489 e. The maximum atomic E-state index is 9.78. The van der Waals surface area contributed by atoms with E-state index in [-0.39, 0.29) is 12.6 Å². The van der Waals surface area contributed by atoms with Crippen LogP contribution in [0.4, 0.5) is 0 Å². The average Bonchev–Trinajstić information content (AvgIpc) is 2.82. The molecule has 2 unspecified atom stereocenters. The maximum Gasteiger partial charge on any atom is 0.155 e. The number of nitrogens with zero attached hydrogens (tertiary/aromatic N) is 3. The molecule has 6 nitrogen and oxygen atoms in total. The Balaban J connectivity index is 1.84. The topological polar surface area (TPSA) is 78.2 Å². The molecule has 9 heteroatoms. The third-order valence-electron chi connectivity index (χ3n) is 5.82. The first-order chi connectivity index (χ1) is 16.5. The first-order valence-electron chi connectivity index (χ1n) is 11.1. The molecule has 1 heterocycles. The molecule has 0 spiro atoms. The summed E-state index contributed by atoms with van der Waals surface area (Å²) in [5.74, 6) is 0.675. The maximum absolute atomic E-state index is 9.78. The number of hydrogen-bond donors (Lipinski definition) is 3. The van der Waals surface area contributed by atoms with Gasteiger partial charge in [0.05, 0.1) is 28.2 Å². The number of nitrogens with one attached hydrogen (secondary N) is 1. The Morgan fingerprint density at radius 1 is 1.17 bits per heavy atom. The van der Waals surface area contributed by atoms with Gasteiger partial charge in [-0.2, -0.15) is 10.5 Å². The molecule has 3 rings (SSSR count). The molecular weight excluding hydrogens is 503 g/mol. The first kappa shape index (κ1) is 27.3. The fourth-order valence-corrected chi connectivity index (χ4v) is 4.36. The number of nitriles is 1. The van der Waals surface area contributed by atoms with Gasteiger partial charge >= 0.3 is 0 Å². The molecule has 0 saturated heterocycles. The van der Waals surface area contributed by atoms with Crippen molar-refractivity contribution in [1.29, 1.82) is 5.26 Å². The lowest BCUT2D eigenvalue weighted by atomic mass is 9.77. The van der Waals surface area contributed by atoms with E-state index in [0.717, 1.165) is 27.9 Å². The summed E-state index contributed by atoms with van der Waals surface area (Å²) < 4.78 is 4.93. The number of quaternary nitrogens is 1. The van der Waals surface area contributed by atoms with Crippen LogP contribution in [-0.2, 0) is 5.41 Å². The van der Waals surface area contributed by atoms with Crippen LogP contribution in [0.3, 0.4) is 0 Å². The number of halogens is 2. The number of thiol groups is 1. The second-order valence-corrected chi connectivity index (χ2v) is 10.5. The molecule has 2 atom stereocenters. The summed E-state index contributed by atoms with van der Waals surface area (Å²) >= 11 is 16.2. The largest absolute Gasteiger partial charge is 0.489 e. The zero-order chi connectivity index (χ0) is 25.8. The van der Waals surface area contributed by atoms with E-state index < -0.39 is 9.58 Å². The highest BCUT2D eigenvalue weighted by molar-refractivity contribution is 7.74. The minimum absolute atomic E-state index is 0.184. The minimum atomic E-state index is -0.647. The molecule has 0 aliphatic carbocycles. The highest BCUT2D eigenvalue weighted by Gasteiger charge is 2.26. The molecule has 35 heavy (non-hydrogen) atoms. The molecule has 0 aliphatic heterocycles. The van der Waals surface area contributed by atoms with Gasteiger partial charge in [-0.1, -0.05) is 59.9 Å². The van der Waals surface area contributed by atoms with Crippen LogP contribution in [0.25, 0.3) is 11.1 Å². The Kier molecular flexibility index (Phi) is 8.71. The summed E-state index contributed by atoms with van der Waals surface area (Å²) in [5, 5.41) is 19.8. The van der Waals surface area contributed by atoms with Gasteiger partial charge in [0, 0.05) is 17.2 Å². The second kappa shape index (κ2) is 11.2. The SMILES string of the molecule is CC(N[N+](C)(O)S)c1ccc(-c2ccc(C(C)(C)c3cc(Cl)c(OCCCl)c(C#N)c3)cc2)cn1. The molecule has 2 N–H and O–H groups in total. The molecular formula is C26H29Cl2N4O2S+. The molecule has 0 aliphatic rings. The molecule has 0 saturated carbocycles. The normalized spacial score (nSPS) is 14.1. The smallest absolute Gasteiger partial charge is 0.155 e. The Hall–Kier alpha value is -2.31. The van der Waals surface area contributed by atoms with E-state index in [1.54, 1.807) is 0 Å². The van der Waals surface area contributed by atoms with Gasteiger partial charge in [-0.15, -0.1) is 17.0 Å². The average molecular weight is 533 g/mol. The van der Waals surface area contributed by atoms with Gasteiger partial charge in [-0.25, -0.2) is 0 Å². The van der Waals surface area contributed by atoms with E-state index in [4.69, 9.17) is 27.9 Å². The number of benzene rings is 2. The van der Waals surface area contributed by atoms with Crippen LogP contribution in [0, 0.1) is 11.3 Å². The van der Waals surface area contributed by atoms with Crippen molar-refractivity contribution in [2.45, 2.75) is 32.2 Å². The van der Waals surface area contributed by atoms with Crippen LogP contribution in [0.1, 0.15) is 49.2 Å². The molecule has 0 radical (unpaired) electrons. The van der Waals surface area contributed by atoms with Crippen molar-refractivity contribution < 1.29 is 14.1 Å². The number of aromatic nitrogens is 1. The van der Waals surface area contributed by atoms with E-state index in [0.29, 0.717) is 22.2 Å². The molecule has 0 fully saturated rings. The molecule has 1 aromatic heterocycles. The van der Waals surface area contributed by atoms with Crippen molar-refractivity contribution in [3.05, 3.63) is 82.1 Å². The van der Waals surface area contributed by atoms with Crippen molar-refractivity contribution in [2.24, 2.45) is 0 Å². The lowest BCUT2D eigenvalue weighted by Crippen LogP contribution is -2.45. The summed E-state index contributed by atoms with van der Waals surface area (Å²) in [6.45, 7) is 6.37. The summed E-state index contributed by atoms with van der Waals surface area (Å²) in [7, 11) is 1.51. The van der Waals surface area contributed by atoms with Crippen molar-refractivity contribution in [3.63, 3.8) is 0 Å². The molecule has 0 amide bonds. The van der Waals surface area contributed by atoms with Gasteiger partial charge in [0.1, 0.15) is 32.5 Å². The third kappa shape index (κ3) is 6.68. The number of ether oxygens (including phenoxy) is 1. The molecule has 2 aromatic carbocycles. The van der Waals surface area contributed by atoms with Crippen molar-refractivity contribution >= 4 is 36.0 Å². The molecule has 184 valence electrons. The monoisotopic (exact) mass is 531 g/mol. The number of alkyl halides is 1. The number of hydrogen-bond acceptors (Lipinski definition) is 6. The Labute approximate surface area is 222 Å². The van der Waals surface area contributed by atoms with Crippen LogP contribution in [0.5, 0.6) is 5.75 Å². The number of hydroxylamine groups is 1. The Bertz CT molecular complexity index is 1200. The number of pyridine rings is 1. The van der Waals surface area contributed by atoms with Gasteiger partial charge in [0.2, 0.25) is 0 Å². The summed E-state index contributed by atoms with van der Waals surface area (Å²) in [6.07, 6.45) is 1.81. The van der Waals surface area contributed by atoms with Gasteiger partial charge in [0.25, 0.3) is 0 Å². The van der Waals surface area contributed by atoms with E-state index in [2.05, 4.69) is 67.4 Å². The third-order valence-corrected chi connectivity index (χ3v) is 6.37. The standard InChI is InChI=1S/C26H29Cl2N4O2S/c1-17(31-32(4,33)35)24-10-7-19(16-30-24)18-5-8-21(9-6-18)26(2,3)22-13-20(15-29)25(23(28)14-22)34-12-11-27/h5-10,13-14,16-17,31,33,35H,11-12H2,1-4H3/q+1. The Morgan fingerprint density at radius 3 is 2.37 bits per heavy atom. The second-order valence-electron chi connectivity index (χ2n) is 8.92. The molecule has 3 aromatic rings. The van der Waals surface area contributed by atoms with Gasteiger partial charge in [0.15, 0.2) is 5.75 Å². The van der Waals surface area contributed by atoms with Gasteiger partial charge in [-0.05, 0) is 41.8 Å². The van der Waals surface area contributed by atoms with Gasteiger partial charge in [-0.3, -0.25) is 4.98 Å². The van der Waals surface area contributed by atoms with Crippen LogP contribution in [-0.4, -0.2) is 33.9 Å². The summed E-state index contributed by atoms with van der Waals surface area (Å²) in [6, 6.07) is 17.8. The highest BCUT2D eigenvalue weighted by Crippen LogP contribution is 2.38. The zero-order valence-corrected chi connectivity index (χ0v) is 22.5. The van der Waals surface area contributed by atoms with Crippen LogP contribution in [0.2, 0.25) is 5.02 Å². The number of rotatable bonds is 9. The quantitative estimate of drug-likeness (QED) is 0.128. The summed E-state index contributed by atoms with van der Waals surface area (Å²) in [5.41, 5.74) is 7.69. The van der Waals surface area contributed by atoms with E-state index >= 15 is 0 Å². The van der Waals surface area contributed by atoms with Gasteiger partial charge < -0.3 is 4.74 Å². The van der Waals surface area contributed by atoms with Crippen LogP contribution < -0.4 is 10.2 Å². The van der Waals surface area contributed by atoms with E-state index in [1.807, 2.05) is 37.4 Å². The Morgan fingerprint density at radius 2 is 1.83 bits per heavy atom. The highest BCUT2D eigenvalue weighted by atomic mass is 35.5. The molecule has 0 bridgehead atoms. The lowest BCUT2D eigenvalue weighted by molar-refractivity contribution is -1.01. The van der Waals surface area contributed by atoms with Crippen molar-refractivity contribution in [1.82, 2.24) is 10.4 Å². The predicted molar refractivity (Wildman–Crippen MR) is 143 cm³/mol. The van der Waals surface area contributed by atoms with Crippen molar-refractivity contribution in [3.8, 4) is 22.9 Å². The fraction of sp³-hybridized carbons (Fsp3) is 0.308. The lowest BCUT2D eigenvalue weighted by Gasteiger charge is -2.27. The predicted octanol–water partition coefficient (Wildman–Crippen LogP) is 6.46. The first-order valence-corrected chi connectivity index (χ1v) is 12.4. The van der Waals surface area contributed by atoms with E-state index in [1.165, 1.54) is 7.05 Å². The van der Waals surface area contributed by atoms with Crippen molar-refractivity contribution in [2.75, 3.05) is 19.5 Å². The van der Waals surface area contributed by atoms with Crippen LogP contribution >= 0.6 is 36.0 Å². The zero-order valence-electron chi connectivity index (χ0n) is 20.1. The van der Waals surface area contributed by atoms with Crippen LogP contribution in [0.15, 0.2) is 54.7 Å². The summed E-state index contributed by atoms with van der Waals surface area (Å²) in [4.78, 5) is 4.53. The fourth-order valence-electron chi connectivity index (χ4n) is 3.84. The van der Waals surface area contributed by atoms with E-state index in [9.17, 15) is 10.5 Å².